The maximum absolute atomic E-state index is 13.0. The molecule has 1 aliphatic heterocycles. The summed E-state index contributed by atoms with van der Waals surface area (Å²) in [4.78, 5) is 40.5. The summed E-state index contributed by atoms with van der Waals surface area (Å²) in [5, 5.41) is 13.0. The Labute approximate surface area is 179 Å². The standard InChI is InChI=1S/C22H22ClN3O4/c1-4-25(5-2)15-9-7-14(19(27)12-15)10-17-20(28)24-22(30)26(21(17)29)16-8-6-13(3)18(23)11-16/h6-12,27H,4-5H2,1-3H3,(H,24,28,30)/b17-10+. The Hall–Kier alpha value is -3.32. The molecule has 2 aromatic carbocycles. The van der Waals surface area contributed by atoms with Crippen LogP contribution in [0.4, 0.5) is 16.2 Å². The summed E-state index contributed by atoms with van der Waals surface area (Å²) in [6.45, 7) is 7.35. The molecule has 30 heavy (non-hydrogen) atoms. The SMILES string of the molecule is CCN(CC)c1ccc(/C=C2\C(=O)NC(=O)N(c3ccc(C)c(Cl)c3)C2=O)c(O)c1. The minimum absolute atomic E-state index is 0.0747. The van der Waals surface area contributed by atoms with Gasteiger partial charge in [-0.2, -0.15) is 0 Å². The summed E-state index contributed by atoms with van der Waals surface area (Å²) in [7, 11) is 0. The second-order valence-corrected chi connectivity index (χ2v) is 7.21. The minimum Gasteiger partial charge on any atom is -0.507 e. The fraction of sp³-hybridized carbons (Fsp3) is 0.227. The largest absolute Gasteiger partial charge is 0.507 e. The molecule has 0 unspecified atom stereocenters. The zero-order valence-corrected chi connectivity index (χ0v) is 17.7. The summed E-state index contributed by atoms with van der Waals surface area (Å²) < 4.78 is 0. The lowest BCUT2D eigenvalue weighted by molar-refractivity contribution is -0.122. The average molecular weight is 428 g/mol. The number of nitrogens with zero attached hydrogens (tertiary/aromatic N) is 2. The second-order valence-electron chi connectivity index (χ2n) is 6.81. The number of rotatable bonds is 5. The first-order valence-corrected chi connectivity index (χ1v) is 9.90. The van der Waals surface area contributed by atoms with Crippen molar-refractivity contribution in [2.45, 2.75) is 20.8 Å². The summed E-state index contributed by atoms with van der Waals surface area (Å²) in [5.41, 5.74) is 1.88. The summed E-state index contributed by atoms with van der Waals surface area (Å²) in [6, 6.07) is 8.87. The number of halogens is 1. The van der Waals surface area contributed by atoms with Gasteiger partial charge in [0.1, 0.15) is 11.3 Å². The van der Waals surface area contributed by atoms with Gasteiger partial charge in [0.05, 0.1) is 5.69 Å². The van der Waals surface area contributed by atoms with E-state index in [2.05, 4.69) is 10.2 Å². The van der Waals surface area contributed by atoms with Crippen molar-refractivity contribution >= 4 is 46.9 Å². The van der Waals surface area contributed by atoms with Crippen LogP contribution in [-0.2, 0) is 9.59 Å². The predicted octanol–water partition coefficient (Wildman–Crippen LogP) is 3.87. The molecule has 0 aliphatic carbocycles. The Morgan fingerprint density at radius 1 is 1.10 bits per heavy atom. The van der Waals surface area contributed by atoms with Crippen molar-refractivity contribution in [1.82, 2.24) is 5.32 Å². The number of anilines is 2. The van der Waals surface area contributed by atoms with Gasteiger partial charge in [-0.05, 0) is 56.7 Å². The molecule has 3 rings (SSSR count). The number of phenols is 1. The molecule has 7 nitrogen and oxygen atoms in total. The molecule has 1 aliphatic rings. The molecule has 0 aromatic heterocycles. The number of imide groups is 2. The second kappa shape index (κ2) is 8.59. The van der Waals surface area contributed by atoms with Gasteiger partial charge in [0.15, 0.2) is 0 Å². The van der Waals surface area contributed by atoms with E-state index in [4.69, 9.17) is 11.6 Å². The number of hydrogen-bond donors (Lipinski definition) is 2. The monoisotopic (exact) mass is 427 g/mol. The van der Waals surface area contributed by atoms with Gasteiger partial charge >= 0.3 is 6.03 Å². The predicted molar refractivity (Wildman–Crippen MR) is 117 cm³/mol. The molecular weight excluding hydrogens is 406 g/mol. The van der Waals surface area contributed by atoms with Crippen molar-refractivity contribution < 1.29 is 19.5 Å². The number of carbonyl (C=O) groups excluding carboxylic acids is 3. The van der Waals surface area contributed by atoms with E-state index in [-0.39, 0.29) is 17.0 Å². The van der Waals surface area contributed by atoms with E-state index in [1.54, 1.807) is 37.3 Å². The Bertz CT molecular complexity index is 1060. The third kappa shape index (κ3) is 4.02. The highest BCUT2D eigenvalue weighted by atomic mass is 35.5. The van der Waals surface area contributed by atoms with Gasteiger partial charge in [-0.3, -0.25) is 14.9 Å². The van der Waals surface area contributed by atoms with E-state index in [0.717, 1.165) is 29.2 Å². The maximum atomic E-state index is 13.0. The van der Waals surface area contributed by atoms with Gasteiger partial charge in [0.2, 0.25) is 0 Å². The first kappa shape index (κ1) is 21.4. The topological polar surface area (TPSA) is 90.0 Å². The van der Waals surface area contributed by atoms with Crippen molar-refractivity contribution in [3.8, 4) is 5.75 Å². The average Bonchev–Trinajstić information content (AvgIpc) is 2.70. The van der Waals surface area contributed by atoms with Gasteiger partial charge in [0, 0.05) is 35.4 Å². The number of aryl methyl sites for hydroxylation is 1. The van der Waals surface area contributed by atoms with Crippen LogP contribution in [0.1, 0.15) is 25.0 Å². The first-order chi connectivity index (χ1) is 14.3. The molecule has 0 bridgehead atoms. The van der Waals surface area contributed by atoms with E-state index in [0.29, 0.717) is 10.6 Å². The van der Waals surface area contributed by atoms with E-state index in [1.165, 1.54) is 12.1 Å². The number of aromatic hydroxyl groups is 1. The number of nitrogens with one attached hydrogen (secondary N) is 1. The number of benzene rings is 2. The first-order valence-electron chi connectivity index (χ1n) is 9.52. The fourth-order valence-electron chi connectivity index (χ4n) is 3.21. The van der Waals surface area contributed by atoms with Crippen LogP contribution in [0, 0.1) is 6.92 Å². The van der Waals surface area contributed by atoms with Gasteiger partial charge in [-0.25, -0.2) is 9.69 Å². The van der Waals surface area contributed by atoms with Crippen molar-refractivity contribution in [2.75, 3.05) is 22.9 Å². The molecule has 156 valence electrons. The Morgan fingerprint density at radius 2 is 1.80 bits per heavy atom. The Kier molecular flexibility index (Phi) is 6.12. The Morgan fingerprint density at radius 3 is 2.40 bits per heavy atom. The molecule has 2 N–H and O–H groups in total. The molecule has 2 aromatic rings. The molecular formula is C22H22ClN3O4. The highest BCUT2D eigenvalue weighted by Gasteiger charge is 2.37. The van der Waals surface area contributed by atoms with Crippen LogP contribution in [-0.4, -0.2) is 36.0 Å². The van der Waals surface area contributed by atoms with Crippen LogP contribution in [0.25, 0.3) is 6.08 Å². The molecule has 1 saturated heterocycles. The van der Waals surface area contributed by atoms with E-state index < -0.39 is 17.8 Å². The Balaban J connectivity index is 1.99. The van der Waals surface area contributed by atoms with Crippen LogP contribution < -0.4 is 15.1 Å². The van der Waals surface area contributed by atoms with Crippen molar-refractivity contribution in [3.05, 3.63) is 58.1 Å². The number of hydrogen-bond acceptors (Lipinski definition) is 5. The van der Waals surface area contributed by atoms with E-state index >= 15 is 0 Å². The molecule has 1 fully saturated rings. The number of carbonyl (C=O) groups is 3. The highest BCUT2D eigenvalue weighted by Crippen LogP contribution is 2.29. The lowest BCUT2D eigenvalue weighted by Gasteiger charge is -2.26. The molecule has 1 heterocycles. The van der Waals surface area contributed by atoms with Crippen molar-refractivity contribution in [2.24, 2.45) is 0 Å². The molecule has 8 heteroatoms. The van der Waals surface area contributed by atoms with Gasteiger partial charge in [0.25, 0.3) is 11.8 Å². The maximum Gasteiger partial charge on any atom is 0.335 e. The van der Waals surface area contributed by atoms with Crippen molar-refractivity contribution in [3.63, 3.8) is 0 Å². The van der Waals surface area contributed by atoms with Gasteiger partial charge < -0.3 is 10.0 Å². The van der Waals surface area contributed by atoms with E-state index in [9.17, 15) is 19.5 Å². The van der Waals surface area contributed by atoms with E-state index in [1.807, 2.05) is 13.8 Å². The normalized spacial score (nSPS) is 15.5. The van der Waals surface area contributed by atoms with Crippen LogP contribution in [0.3, 0.4) is 0 Å². The number of barbiturate groups is 1. The zero-order chi connectivity index (χ0) is 22.0. The third-order valence-corrected chi connectivity index (χ3v) is 5.36. The smallest absolute Gasteiger partial charge is 0.335 e. The molecule has 0 atom stereocenters. The van der Waals surface area contributed by atoms with Crippen LogP contribution in [0.15, 0.2) is 42.0 Å². The summed E-state index contributed by atoms with van der Waals surface area (Å²) >= 11 is 6.12. The third-order valence-electron chi connectivity index (χ3n) is 4.96. The lowest BCUT2D eigenvalue weighted by atomic mass is 10.0. The number of phenolic OH excluding ortho intramolecular Hbond substituents is 1. The number of urea groups is 1. The summed E-state index contributed by atoms with van der Waals surface area (Å²) in [6.07, 6.45) is 1.27. The lowest BCUT2D eigenvalue weighted by Crippen LogP contribution is -2.54. The minimum atomic E-state index is -0.858. The van der Waals surface area contributed by atoms with Gasteiger partial charge in [-0.15, -0.1) is 0 Å². The zero-order valence-electron chi connectivity index (χ0n) is 16.9. The summed E-state index contributed by atoms with van der Waals surface area (Å²) in [5.74, 6) is -1.70. The molecule has 0 saturated carbocycles. The van der Waals surface area contributed by atoms with Crippen LogP contribution >= 0.6 is 11.6 Å². The fourth-order valence-corrected chi connectivity index (χ4v) is 3.38. The van der Waals surface area contributed by atoms with Crippen LogP contribution in [0.5, 0.6) is 5.75 Å². The molecule has 4 amide bonds. The highest BCUT2D eigenvalue weighted by molar-refractivity contribution is 6.39. The van der Waals surface area contributed by atoms with Crippen molar-refractivity contribution in [1.29, 1.82) is 0 Å². The molecule has 0 radical (unpaired) electrons. The quantitative estimate of drug-likeness (QED) is 0.558. The van der Waals surface area contributed by atoms with Crippen LogP contribution in [0.2, 0.25) is 5.02 Å². The molecule has 0 spiro atoms. The number of amides is 4. The van der Waals surface area contributed by atoms with Gasteiger partial charge in [-0.1, -0.05) is 17.7 Å².